The van der Waals surface area contributed by atoms with E-state index in [1.54, 1.807) is 0 Å². The van der Waals surface area contributed by atoms with Crippen molar-refractivity contribution in [1.82, 2.24) is 5.48 Å². The summed E-state index contributed by atoms with van der Waals surface area (Å²) >= 11 is 0. The first-order valence-corrected chi connectivity index (χ1v) is 1.35. The van der Waals surface area contributed by atoms with Crippen molar-refractivity contribution in [2.75, 3.05) is 6.61 Å². The number of aliphatic hydroxyl groups excluding tert-OH is 1. The number of hydrogen-bond donors (Lipinski definition) is 3. The highest BCUT2D eigenvalue weighted by molar-refractivity contribution is 8.93. The van der Waals surface area contributed by atoms with E-state index >= 15 is 0 Å². The fraction of sp³-hybridized carbons (Fsp3) is 0.500. The number of carbonyl (C=O) groups is 1. The van der Waals surface area contributed by atoms with Crippen molar-refractivity contribution in [3.05, 3.63) is 0 Å². The molecule has 0 saturated heterocycles. The summed E-state index contributed by atoms with van der Waals surface area (Å²) < 4.78 is 0. The molecule has 7 heavy (non-hydrogen) atoms. The molecule has 0 aliphatic carbocycles. The van der Waals surface area contributed by atoms with Crippen molar-refractivity contribution < 1.29 is 15.1 Å². The van der Waals surface area contributed by atoms with Gasteiger partial charge in [0.05, 0.1) is 0 Å². The van der Waals surface area contributed by atoms with E-state index in [0.29, 0.717) is 0 Å². The Labute approximate surface area is 50.9 Å². The third-order valence-electron chi connectivity index (χ3n) is 0.268. The second-order valence-corrected chi connectivity index (χ2v) is 0.693. The van der Waals surface area contributed by atoms with Crippen molar-refractivity contribution in [2.24, 2.45) is 0 Å². The highest BCUT2D eigenvalue weighted by Crippen LogP contribution is 1.50. The lowest BCUT2D eigenvalue weighted by atomic mass is 10.7. The van der Waals surface area contributed by atoms with Gasteiger partial charge in [0.2, 0.25) is 0 Å². The van der Waals surface area contributed by atoms with Gasteiger partial charge in [-0.2, -0.15) is 0 Å². The minimum atomic E-state index is -0.796. The molecule has 0 aromatic carbocycles. The van der Waals surface area contributed by atoms with E-state index in [2.05, 4.69) is 0 Å². The van der Waals surface area contributed by atoms with Crippen molar-refractivity contribution in [1.29, 1.82) is 0 Å². The lowest BCUT2D eigenvalue weighted by molar-refractivity contribution is -0.132. The van der Waals surface area contributed by atoms with E-state index in [-0.39, 0.29) is 17.0 Å². The minimum absolute atomic E-state index is 0. The molecule has 0 aromatic rings. The quantitative estimate of drug-likeness (QED) is 0.353. The van der Waals surface area contributed by atoms with Gasteiger partial charge in [0.25, 0.3) is 5.91 Å². The second kappa shape index (κ2) is 5.87. The average molecular weight is 172 g/mol. The molecule has 1 amide bonds. The number of hydrogen-bond acceptors (Lipinski definition) is 3. The molecule has 0 radical (unpaired) electrons. The molecule has 0 heterocycles. The van der Waals surface area contributed by atoms with Gasteiger partial charge >= 0.3 is 0 Å². The van der Waals surface area contributed by atoms with E-state index in [1.807, 2.05) is 0 Å². The Morgan fingerprint density at radius 1 is 1.71 bits per heavy atom. The van der Waals surface area contributed by atoms with Crippen molar-refractivity contribution >= 4 is 22.9 Å². The molecule has 0 unspecified atom stereocenters. The first-order valence-electron chi connectivity index (χ1n) is 1.35. The van der Waals surface area contributed by atoms with Crippen LogP contribution in [0, 0.1) is 0 Å². The zero-order valence-corrected chi connectivity index (χ0v) is 5.13. The number of nitrogens with one attached hydrogen (secondary N) is 1. The molecule has 5 heteroatoms. The molecule has 0 atom stereocenters. The average Bonchev–Trinajstić information content (AvgIpc) is 1.65. The number of rotatable bonds is 1. The fourth-order valence-electron chi connectivity index (χ4n) is 0.0354. The molecule has 0 aliphatic heterocycles. The second-order valence-electron chi connectivity index (χ2n) is 0.693. The summed E-state index contributed by atoms with van der Waals surface area (Å²) in [6.45, 7) is -0.670. The van der Waals surface area contributed by atoms with Gasteiger partial charge in [0.1, 0.15) is 6.61 Å². The monoisotopic (exact) mass is 171 g/mol. The molecule has 0 aliphatic rings. The van der Waals surface area contributed by atoms with E-state index in [1.165, 1.54) is 5.48 Å². The third kappa shape index (κ3) is 5.87. The first-order chi connectivity index (χ1) is 2.81. The smallest absolute Gasteiger partial charge is 0.269 e. The summed E-state index contributed by atoms with van der Waals surface area (Å²) in [5, 5.41) is 15.3. The van der Waals surface area contributed by atoms with Gasteiger partial charge in [-0.05, 0) is 0 Å². The van der Waals surface area contributed by atoms with E-state index in [0.717, 1.165) is 0 Å². The standard InChI is InChI=1S/C2H5NO3.BrH/c4-1-2(5)3-6;/h4,6H,1H2,(H,3,5);1H. The zero-order chi connectivity index (χ0) is 4.99. The maximum atomic E-state index is 9.57. The lowest BCUT2D eigenvalue weighted by Crippen LogP contribution is -2.21. The van der Waals surface area contributed by atoms with Gasteiger partial charge < -0.3 is 5.11 Å². The Hall–Kier alpha value is -0.130. The topological polar surface area (TPSA) is 69.6 Å². The number of aliphatic hydroxyl groups is 1. The van der Waals surface area contributed by atoms with E-state index < -0.39 is 12.5 Å². The first kappa shape index (κ1) is 9.98. The third-order valence-corrected chi connectivity index (χ3v) is 0.268. The predicted octanol–water partition coefficient (Wildman–Crippen LogP) is -0.938. The van der Waals surface area contributed by atoms with Gasteiger partial charge in [0, 0.05) is 0 Å². The Morgan fingerprint density at radius 2 is 2.14 bits per heavy atom. The number of hydroxylamine groups is 1. The molecular weight excluding hydrogens is 166 g/mol. The molecule has 44 valence electrons. The van der Waals surface area contributed by atoms with Crippen molar-refractivity contribution in [3.8, 4) is 0 Å². The van der Waals surface area contributed by atoms with Crippen LogP contribution in [0.5, 0.6) is 0 Å². The molecule has 0 bridgehead atoms. The SMILES string of the molecule is Br.O=C(CO)NO. The van der Waals surface area contributed by atoms with Crippen LogP contribution < -0.4 is 5.48 Å². The molecule has 0 rings (SSSR count). The summed E-state index contributed by atoms with van der Waals surface area (Å²) in [5.74, 6) is -0.796. The fourth-order valence-corrected chi connectivity index (χ4v) is 0.0354. The molecule has 0 spiro atoms. The summed E-state index contributed by atoms with van der Waals surface area (Å²) in [6, 6.07) is 0. The van der Waals surface area contributed by atoms with Gasteiger partial charge in [-0.3, -0.25) is 10.0 Å². The predicted molar refractivity (Wildman–Crippen MR) is 27.3 cm³/mol. The zero-order valence-electron chi connectivity index (χ0n) is 3.42. The van der Waals surface area contributed by atoms with Crippen LogP contribution in [0.15, 0.2) is 0 Å². The lowest BCUT2D eigenvalue weighted by Gasteiger charge is -1.85. The largest absolute Gasteiger partial charge is 0.386 e. The molecule has 4 nitrogen and oxygen atoms in total. The summed E-state index contributed by atoms with van der Waals surface area (Å²) in [7, 11) is 0. The highest BCUT2D eigenvalue weighted by atomic mass is 79.9. The Kier molecular flexibility index (Phi) is 8.37. The van der Waals surface area contributed by atoms with Crippen LogP contribution in [0.25, 0.3) is 0 Å². The van der Waals surface area contributed by atoms with Crippen LogP contribution in [0.1, 0.15) is 0 Å². The van der Waals surface area contributed by atoms with Gasteiger partial charge in [-0.25, -0.2) is 5.48 Å². The Balaban J connectivity index is 0. The highest BCUT2D eigenvalue weighted by Gasteiger charge is 1.88. The van der Waals surface area contributed by atoms with Crippen LogP contribution in [-0.4, -0.2) is 22.8 Å². The molecule has 0 fully saturated rings. The summed E-state index contributed by atoms with van der Waals surface area (Å²) in [4.78, 5) is 9.57. The van der Waals surface area contributed by atoms with Gasteiger partial charge in [-0.15, -0.1) is 17.0 Å². The van der Waals surface area contributed by atoms with Gasteiger partial charge in [-0.1, -0.05) is 0 Å². The van der Waals surface area contributed by atoms with Crippen LogP contribution in [-0.2, 0) is 4.79 Å². The van der Waals surface area contributed by atoms with Crippen LogP contribution in [0.4, 0.5) is 0 Å². The summed E-state index contributed by atoms with van der Waals surface area (Å²) in [5.41, 5.74) is 1.23. The normalized spacial score (nSPS) is 6.57. The molecule has 0 saturated carbocycles. The molecule has 0 aromatic heterocycles. The van der Waals surface area contributed by atoms with Gasteiger partial charge in [0.15, 0.2) is 0 Å². The van der Waals surface area contributed by atoms with Crippen LogP contribution in [0.2, 0.25) is 0 Å². The Bertz CT molecular complexity index is 50.9. The number of amides is 1. The minimum Gasteiger partial charge on any atom is -0.386 e. The van der Waals surface area contributed by atoms with Crippen molar-refractivity contribution in [2.45, 2.75) is 0 Å². The Morgan fingerprint density at radius 3 is 2.14 bits per heavy atom. The maximum absolute atomic E-state index is 9.57. The number of halogens is 1. The number of carbonyl (C=O) groups excluding carboxylic acids is 1. The van der Waals surface area contributed by atoms with E-state index in [4.69, 9.17) is 10.3 Å². The van der Waals surface area contributed by atoms with Crippen LogP contribution in [0.3, 0.4) is 0 Å². The molecular formula is C2H6BrNO3. The molecule has 3 N–H and O–H groups in total. The maximum Gasteiger partial charge on any atom is 0.269 e. The van der Waals surface area contributed by atoms with Crippen molar-refractivity contribution in [3.63, 3.8) is 0 Å². The summed E-state index contributed by atoms with van der Waals surface area (Å²) in [6.07, 6.45) is 0. The van der Waals surface area contributed by atoms with Crippen LogP contribution >= 0.6 is 17.0 Å². The van der Waals surface area contributed by atoms with E-state index in [9.17, 15) is 4.79 Å².